The number of nitrogens with one attached hydrogen (secondary N) is 1. The number of guanidine groups is 1. The predicted octanol–water partition coefficient (Wildman–Crippen LogP) is 2.04. The highest BCUT2D eigenvalue weighted by Gasteiger charge is 2.25. The molecule has 2 heterocycles. The second-order valence-electron chi connectivity index (χ2n) is 5.24. The van der Waals surface area contributed by atoms with E-state index in [9.17, 15) is 5.11 Å². The zero-order chi connectivity index (χ0) is 16.0. The van der Waals surface area contributed by atoms with Gasteiger partial charge in [0.2, 0.25) is 5.95 Å². The molecule has 3 aromatic rings. The van der Waals surface area contributed by atoms with Gasteiger partial charge < -0.3 is 15.6 Å². The highest BCUT2D eigenvalue weighted by atomic mass is 16.5. The largest absolute Gasteiger partial charge is 0.504 e. The molecule has 1 atom stereocenters. The maximum atomic E-state index is 9.80. The van der Waals surface area contributed by atoms with Gasteiger partial charge in [-0.05, 0) is 24.3 Å². The van der Waals surface area contributed by atoms with Gasteiger partial charge in [0.05, 0.1) is 18.1 Å². The fourth-order valence-corrected chi connectivity index (χ4v) is 2.79. The van der Waals surface area contributed by atoms with Crippen molar-refractivity contribution in [1.82, 2.24) is 9.55 Å². The molecule has 0 fully saturated rings. The van der Waals surface area contributed by atoms with Gasteiger partial charge in [0.25, 0.3) is 0 Å². The third-order valence-corrected chi connectivity index (χ3v) is 3.84. The summed E-state index contributed by atoms with van der Waals surface area (Å²) in [6.45, 7) is 0. The lowest BCUT2D eigenvalue weighted by molar-refractivity contribution is 0.372. The molecule has 0 bridgehead atoms. The van der Waals surface area contributed by atoms with Gasteiger partial charge in [0, 0.05) is 5.56 Å². The maximum absolute atomic E-state index is 9.80. The van der Waals surface area contributed by atoms with Crippen molar-refractivity contribution in [3.63, 3.8) is 0 Å². The molecule has 0 radical (unpaired) electrons. The smallest absolute Gasteiger partial charge is 0.212 e. The van der Waals surface area contributed by atoms with Gasteiger partial charge in [0.1, 0.15) is 0 Å². The van der Waals surface area contributed by atoms with Crippen LogP contribution in [0.2, 0.25) is 0 Å². The number of aliphatic imine (C=N–C) groups is 1. The van der Waals surface area contributed by atoms with Crippen LogP contribution in [-0.4, -0.2) is 27.7 Å². The number of aromatic hydroxyl groups is 1. The van der Waals surface area contributed by atoms with Crippen molar-refractivity contribution in [2.45, 2.75) is 6.17 Å². The van der Waals surface area contributed by atoms with E-state index >= 15 is 0 Å². The lowest BCUT2D eigenvalue weighted by Crippen LogP contribution is -2.31. The van der Waals surface area contributed by atoms with E-state index in [-0.39, 0.29) is 11.9 Å². The van der Waals surface area contributed by atoms with Crippen molar-refractivity contribution in [2.75, 3.05) is 12.4 Å². The van der Waals surface area contributed by atoms with Crippen LogP contribution in [-0.2, 0) is 0 Å². The zero-order valence-corrected chi connectivity index (χ0v) is 12.4. The van der Waals surface area contributed by atoms with Gasteiger partial charge in [-0.3, -0.25) is 9.88 Å². The SMILES string of the molecule is COc1cc([C@@H]2N=C(N)Nc3nc4ccccc4n32)ccc1O. The Labute approximate surface area is 132 Å². The van der Waals surface area contributed by atoms with Crippen molar-refractivity contribution in [1.29, 1.82) is 0 Å². The number of hydrogen-bond acceptors (Lipinski definition) is 6. The number of phenolic OH excluding ortho intramolecular Hbond substituents is 1. The summed E-state index contributed by atoms with van der Waals surface area (Å²) in [5, 5.41) is 12.8. The molecule has 0 aliphatic carbocycles. The number of nitrogens with zero attached hydrogens (tertiary/aromatic N) is 3. The van der Waals surface area contributed by atoms with E-state index in [2.05, 4.69) is 15.3 Å². The van der Waals surface area contributed by atoms with Crippen molar-refractivity contribution < 1.29 is 9.84 Å². The number of hydrogen-bond donors (Lipinski definition) is 3. The third kappa shape index (κ3) is 2.05. The molecular formula is C16H15N5O2. The van der Waals surface area contributed by atoms with Gasteiger partial charge in [-0.25, -0.2) is 9.98 Å². The molecular weight excluding hydrogens is 294 g/mol. The molecule has 4 N–H and O–H groups in total. The van der Waals surface area contributed by atoms with E-state index in [1.54, 1.807) is 18.2 Å². The molecule has 1 aliphatic rings. The molecule has 1 aliphatic heterocycles. The van der Waals surface area contributed by atoms with E-state index in [0.717, 1.165) is 16.6 Å². The second kappa shape index (κ2) is 4.91. The first kappa shape index (κ1) is 13.4. The number of ether oxygens (including phenoxy) is 1. The van der Waals surface area contributed by atoms with Crippen LogP contribution in [0.5, 0.6) is 11.5 Å². The molecule has 23 heavy (non-hydrogen) atoms. The molecule has 0 spiro atoms. The van der Waals surface area contributed by atoms with E-state index < -0.39 is 0 Å². The van der Waals surface area contributed by atoms with Crippen LogP contribution in [0, 0.1) is 0 Å². The summed E-state index contributed by atoms with van der Waals surface area (Å²) < 4.78 is 7.16. The van der Waals surface area contributed by atoms with Crippen molar-refractivity contribution >= 4 is 22.9 Å². The molecule has 0 saturated carbocycles. The van der Waals surface area contributed by atoms with Gasteiger partial charge in [-0.15, -0.1) is 0 Å². The summed E-state index contributed by atoms with van der Waals surface area (Å²) in [6, 6.07) is 12.9. The first-order chi connectivity index (χ1) is 11.2. The Morgan fingerprint density at radius 2 is 2.09 bits per heavy atom. The number of anilines is 1. The van der Waals surface area contributed by atoms with Crippen LogP contribution in [0.1, 0.15) is 11.7 Å². The molecule has 116 valence electrons. The maximum Gasteiger partial charge on any atom is 0.212 e. The fraction of sp³-hybridized carbons (Fsp3) is 0.125. The number of methoxy groups -OCH3 is 1. The highest BCUT2D eigenvalue weighted by Crippen LogP contribution is 2.35. The molecule has 4 rings (SSSR count). The van der Waals surface area contributed by atoms with Gasteiger partial charge in [-0.1, -0.05) is 18.2 Å². The van der Waals surface area contributed by atoms with E-state index in [4.69, 9.17) is 10.5 Å². The number of rotatable bonds is 2. The number of para-hydroxylation sites is 2. The number of aromatic nitrogens is 2. The van der Waals surface area contributed by atoms with Gasteiger partial charge in [0.15, 0.2) is 23.6 Å². The molecule has 0 unspecified atom stereocenters. The standard InChI is InChI=1S/C16H15N5O2/c1-23-13-8-9(6-7-12(13)22)14-19-15(17)20-16-18-10-4-2-3-5-11(10)21(14)16/h2-8,14,22H,1H3,(H3,17,18,19,20)/t14-/m1/s1. The normalized spacial score (nSPS) is 16.6. The second-order valence-corrected chi connectivity index (χ2v) is 5.24. The average Bonchev–Trinajstić information content (AvgIpc) is 2.92. The quantitative estimate of drug-likeness (QED) is 0.673. The zero-order valence-electron chi connectivity index (χ0n) is 12.4. The summed E-state index contributed by atoms with van der Waals surface area (Å²) in [7, 11) is 1.51. The minimum absolute atomic E-state index is 0.0813. The number of phenols is 1. The summed E-state index contributed by atoms with van der Waals surface area (Å²) >= 11 is 0. The topological polar surface area (TPSA) is 97.7 Å². The van der Waals surface area contributed by atoms with Crippen LogP contribution in [0.25, 0.3) is 11.0 Å². The summed E-state index contributed by atoms with van der Waals surface area (Å²) in [4.78, 5) is 9.04. The van der Waals surface area contributed by atoms with Gasteiger partial charge >= 0.3 is 0 Å². The Morgan fingerprint density at radius 1 is 1.26 bits per heavy atom. The number of fused-ring (bicyclic) bond motifs is 3. The molecule has 7 heteroatoms. The van der Waals surface area contributed by atoms with Crippen LogP contribution in [0.4, 0.5) is 5.95 Å². The number of benzene rings is 2. The predicted molar refractivity (Wildman–Crippen MR) is 87.8 cm³/mol. The van der Waals surface area contributed by atoms with E-state index in [0.29, 0.717) is 17.7 Å². The molecule has 0 amide bonds. The molecule has 1 aromatic heterocycles. The van der Waals surface area contributed by atoms with Crippen LogP contribution >= 0.6 is 0 Å². The summed E-state index contributed by atoms with van der Waals surface area (Å²) in [6.07, 6.45) is -0.381. The Balaban J connectivity index is 1.93. The van der Waals surface area contributed by atoms with E-state index in [1.807, 2.05) is 28.8 Å². The molecule has 2 aromatic carbocycles. The van der Waals surface area contributed by atoms with Crippen LogP contribution in [0.3, 0.4) is 0 Å². The monoisotopic (exact) mass is 309 g/mol. The fourth-order valence-electron chi connectivity index (χ4n) is 2.79. The number of nitrogens with two attached hydrogens (primary N) is 1. The first-order valence-corrected chi connectivity index (χ1v) is 7.11. The Bertz CT molecular complexity index is 931. The van der Waals surface area contributed by atoms with Crippen LogP contribution < -0.4 is 15.8 Å². The first-order valence-electron chi connectivity index (χ1n) is 7.11. The van der Waals surface area contributed by atoms with Crippen molar-refractivity contribution in [2.24, 2.45) is 10.7 Å². The minimum atomic E-state index is -0.381. The highest BCUT2D eigenvalue weighted by molar-refractivity contribution is 5.94. The third-order valence-electron chi connectivity index (χ3n) is 3.84. The molecule has 0 saturated heterocycles. The number of imidazole rings is 1. The minimum Gasteiger partial charge on any atom is -0.504 e. The average molecular weight is 309 g/mol. The Kier molecular flexibility index (Phi) is 2.87. The Morgan fingerprint density at radius 3 is 2.91 bits per heavy atom. The Hall–Kier alpha value is -3.22. The summed E-state index contributed by atoms with van der Waals surface area (Å²) in [5.74, 6) is 1.40. The van der Waals surface area contributed by atoms with Crippen LogP contribution in [0.15, 0.2) is 47.5 Å². The van der Waals surface area contributed by atoms with Crippen molar-refractivity contribution in [3.05, 3.63) is 48.0 Å². The van der Waals surface area contributed by atoms with Gasteiger partial charge in [-0.2, -0.15) is 0 Å². The van der Waals surface area contributed by atoms with Crippen molar-refractivity contribution in [3.8, 4) is 11.5 Å². The lowest BCUT2D eigenvalue weighted by Gasteiger charge is -2.24. The lowest BCUT2D eigenvalue weighted by atomic mass is 10.1. The molecule has 7 nitrogen and oxygen atoms in total. The van der Waals surface area contributed by atoms with E-state index in [1.165, 1.54) is 7.11 Å². The summed E-state index contributed by atoms with van der Waals surface area (Å²) in [5.41, 5.74) is 8.55.